The molecule has 0 radical (unpaired) electrons. The Morgan fingerprint density at radius 3 is 2.11 bits per heavy atom. The number of ether oxygens (including phenoxy) is 1. The quantitative estimate of drug-likeness (QED) is 0.497. The SMILES string of the molecule is Cc1ccc(S(=O)(=O)N(C)CC(=O)N(c2ccc(OC(=O)N3CCS(=O)(=O)CC3)cc2)[C@@H](C)C(=O)O)cc1. The number of carboxylic acid groups (broad SMARTS) is 1. The second kappa shape index (κ2) is 11.5. The van der Waals surface area contributed by atoms with Gasteiger partial charge in [0.05, 0.1) is 22.9 Å². The van der Waals surface area contributed by atoms with Crippen molar-refractivity contribution < 1.29 is 41.1 Å². The van der Waals surface area contributed by atoms with Crippen LogP contribution in [0.25, 0.3) is 0 Å². The van der Waals surface area contributed by atoms with Crippen LogP contribution in [0.1, 0.15) is 12.5 Å². The Hall–Kier alpha value is -3.49. The van der Waals surface area contributed by atoms with Crippen molar-refractivity contribution in [2.75, 3.05) is 43.1 Å². The van der Waals surface area contributed by atoms with Crippen molar-refractivity contribution in [3.8, 4) is 5.75 Å². The highest BCUT2D eigenvalue weighted by atomic mass is 32.2. The number of anilines is 1. The van der Waals surface area contributed by atoms with Gasteiger partial charge in [0.2, 0.25) is 15.9 Å². The maximum absolute atomic E-state index is 13.2. The van der Waals surface area contributed by atoms with E-state index in [1.165, 1.54) is 55.3 Å². The number of carbonyl (C=O) groups excluding carboxylic acids is 2. The van der Waals surface area contributed by atoms with Gasteiger partial charge in [0.25, 0.3) is 0 Å². The van der Waals surface area contributed by atoms with Crippen LogP contribution in [-0.2, 0) is 29.4 Å². The molecule has 1 saturated heterocycles. The summed E-state index contributed by atoms with van der Waals surface area (Å²) in [6, 6.07) is 10.2. The van der Waals surface area contributed by atoms with Gasteiger partial charge in [-0.15, -0.1) is 0 Å². The first-order chi connectivity index (χ1) is 17.7. The van der Waals surface area contributed by atoms with Crippen molar-refractivity contribution in [1.29, 1.82) is 0 Å². The second-order valence-corrected chi connectivity index (χ2v) is 13.2. The lowest BCUT2D eigenvalue weighted by atomic mass is 10.2. The number of sulfonamides is 1. The lowest BCUT2D eigenvalue weighted by molar-refractivity contribution is -0.139. The molecule has 2 amide bonds. The summed E-state index contributed by atoms with van der Waals surface area (Å²) in [7, 11) is -5.96. The normalized spacial score (nSPS) is 16.1. The van der Waals surface area contributed by atoms with Crippen LogP contribution >= 0.6 is 0 Å². The number of carboxylic acids is 1. The average Bonchev–Trinajstić information content (AvgIpc) is 2.85. The van der Waals surface area contributed by atoms with Gasteiger partial charge in [0.1, 0.15) is 11.8 Å². The zero-order chi connectivity index (χ0) is 28.3. The number of likely N-dealkylation sites (N-methyl/N-ethyl adjacent to an activating group) is 1. The highest BCUT2D eigenvalue weighted by Crippen LogP contribution is 2.24. The van der Waals surface area contributed by atoms with Gasteiger partial charge in [-0.2, -0.15) is 4.31 Å². The van der Waals surface area contributed by atoms with Crippen molar-refractivity contribution in [1.82, 2.24) is 9.21 Å². The summed E-state index contributed by atoms with van der Waals surface area (Å²) in [4.78, 5) is 39.5. The van der Waals surface area contributed by atoms with Gasteiger partial charge in [-0.1, -0.05) is 17.7 Å². The molecule has 0 unspecified atom stereocenters. The van der Waals surface area contributed by atoms with E-state index in [9.17, 15) is 36.3 Å². The van der Waals surface area contributed by atoms with Crippen LogP contribution in [0.15, 0.2) is 53.4 Å². The molecule has 206 valence electrons. The molecule has 1 N–H and O–H groups in total. The number of hydrogen-bond acceptors (Lipinski definition) is 8. The van der Waals surface area contributed by atoms with Gasteiger partial charge >= 0.3 is 12.1 Å². The fourth-order valence-electron chi connectivity index (χ4n) is 3.67. The maximum atomic E-state index is 13.2. The lowest BCUT2D eigenvalue weighted by Crippen LogP contribution is -2.48. The summed E-state index contributed by atoms with van der Waals surface area (Å²) in [6.45, 7) is 2.49. The molecule has 2 aromatic rings. The van der Waals surface area contributed by atoms with Gasteiger partial charge < -0.3 is 14.7 Å². The molecule has 12 nitrogen and oxygen atoms in total. The van der Waals surface area contributed by atoms with Crippen LogP contribution in [0, 0.1) is 6.92 Å². The topological polar surface area (TPSA) is 159 Å². The van der Waals surface area contributed by atoms with Crippen molar-refractivity contribution in [3.63, 3.8) is 0 Å². The zero-order valence-electron chi connectivity index (χ0n) is 21.1. The van der Waals surface area contributed by atoms with Crippen LogP contribution in [0.4, 0.5) is 10.5 Å². The zero-order valence-corrected chi connectivity index (χ0v) is 22.7. The standard InChI is InChI=1S/C24H29N3O9S2/c1-17-4-10-21(11-5-17)38(34,35)25(3)16-22(28)27(18(2)23(29)30)19-6-8-20(9-7-19)36-24(31)26-12-14-37(32,33)15-13-26/h4-11,18H,12-16H2,1-3H3,(H,29,30)/t18-/m0/s1. The number of nitrogens with zero attached hydrogens (tertiary/aromatic N) is 3. The van der Waals surface area contributed by atoms with Gasteiger partial charge in [0, 0.05) is 25.8 Å². The molecule has 1 aliphatic heterocycles. The van der Waals surface area contributed by atoms with Crippen molar-refractivity contribution in [2.45, 2.75) is 24.8 Å². The summed E-state index contributed by atoms with van der Waals surface area (Å²) < 4.78 is 55.0. The fraction of sp³-hybridized carbons (Fsp3) is 0.375. The van der Waals surface area contributed by atoms with E-state index in [0.29, 0.717) is 0 Å². The lowest BCUT2D eigenvalue weighted by Gasteiger charge is -2.29. The van der Waals surface area contributed by atoms with E-state index in [-0.39, 0.29) is 40.9 Å². The third kappa shape index (κ3) is 6.88. The van der Waals surface area contributed by atoms with Crippen molar-refractivity contribution in [3.05, 3.63) is 54.1 Å². The molecule has 1 fully saturated rings. The average molecular weight is 568 g/mol. The number of aliphatic carboxylic acids is 1. The van der Waals surface area contributed by atoms with E-state index >= 15 is 0 Å². The number of aryl methyl sites for hydroxylation is 1. The Bertz CT molecular complexity index is 1390. The Labute approximate surface area is 221 Å². The summed E-state index contributed by atoms with van der Waals surface area (Å²) >= 11 is 0. The molecule has 0 spiro atoms. The fourth-order valence-corrected chi connectivity index (χ4v) is 5.99. The van der Waals surface area contributed by atoms with E-state index in [2.05, 4.69) is 0 Å². The van der Waals surface area contributed by atoms with E-state index in [4.69, 9.17) is 4.74 Å². The molecule has 3 rings (SSSR count). The van der Waals surface area contributed by atoms with Gasteiger partial charge in [-0.25, -0.2) is 26.4 Å². The third-order valence-corrected chi connectivity index (χ3v) is 9.45. The molecule has 14 heteroatoms. The van der Waals surface area contributed by atoms with E-state index < -0.39 is 50.4 Å². The van der Waals surface area contributed by atoms with E-state index in [1.54, 1.807) is 19.1 Å². The molecule has 0 aromatic heterocycles. The Balaban J connectivity index is 1.75. The minimum Gasteiger partial charge on any atom is -0.480 e. The molecule has 2 aromatic carbocycles. The van der Waals surface area contributed by atoms with Crippen molar-refractivity contribution in [2.24, 2.45) is 0 Å². The number of carbonyl (C=O) groups is 3. The number of sulfone groups is 1. The highest BCUT2D eigenvalue weighted by molar-refractivity contribution is 7.91. The molecule has 1 aliphatic rings. The smallest absolute Gasteiger partial charge is 0.415 e. The molecular formula is C24H29N3O9S2. The summed E-state index contributed by atoms with van der Waals surface area (Å²) in [6.07, 6.45) is -0.734. The minimum absolute atomic E-state index is 0.00583. The van der Waals surface area contributed by atoms with Crippen molar-refractivity contribution >= 4 is 43.5 Å². The Morgan fingerprint density at radius 1 is 1.03 bits per heavy atom. The second-order valence-electron chi connectivity index (χ2n) is 8.85. The predicted octanol–water partition coefficient (Wildman–Crippen LogP) is 1.35. The monoisotopic (exact) mass is 567 g/mol. The Kier molecular flexibility index (Phi) is 8.79. The van der Waals surface area contributed by atoms with Crippen LogP contribution in [0.5, 0.6) is 5.75 Å². The first-order valence-corrected chi connectivity index (χ1v) is 14.8. The van der Waals surface area contributed by atoms with Crippen LogP contribution in [-0.4, -0.2) is 93.3 Å². The number of benzene rings is 2. The summed E-state index contributed by atoms with van der Waals surface area (Å²) in [5.41, 5.74) is 1.01. The van der Waals surface area contributed by atoms with Crippen LogP contribution in [0.2, 0.25) is 0 Å². The van der Waals surface area contributed by atoms with Gasteiger partial charge in [-0.05, 0) is 50.2 Å². The largest absolute Gasteiger partial charge is 0.480 e. The van der Waals surface area contributed by atoms with E-state index in [1.807, 2.05) is 0 Å². The molecule has 38 heavy (non-hydrogen) atoms. The first kappa shape index (κ1) is 29.1. The summed E-state index contributed by atoms with van der Waals surface area (Å²) in [5.74, 6) is -2.30. The van der Waals surface area contributed by atoms with E-state index in [0.717, 1.165) is 14.8 Å². The predicted molar refractivity (Wildman–Crippen MR) is 138 cm³/mol. The number of hydrogen-bond donors (Lipinski definition) is 1. The third-order valence-electron chi connectivity index (χ3n) is 6.02. The highest BCUT2D eigenvalue weighted by Gasteiger charge is 2.31. The molecule has 1 atom stereocenters. The number of rotatable bonds is 8. The summed E-state index contributed by atoms with van der Waals surface area (Å²) in [5, 5.41) is 9.57. The Morgan fingerprint density at radius 2 is 1.58 bits per heavy atom. The van der Waals surface area contributed by atoms with Gasteiger partial charge in [0.15, 0.2) is 9.84 Å². The molecule has 1 heterocycles. The minimum atomic E-state index is -4.01. The molecule has 0 saturated carbocycles. The maximum Gasteiger partial charge on any atom is 0.415 e. The first-order valence-electron chi connectivity index (χ1n) is 11.6. The molecule has 0 aliphatic carbocycles. The van der Waals surface area contributed by atoms with Crippen LogP contribution < -0.4 is 9.64 Å². The molecule has 0 bridgehead atoms. The van der Waals surface area contributed by atoms with Crippen LogP contribution in [0.3, 0.4) is 0 Å². The van der Waals surface area contributed by atoms with Gasteiger partial charge in [-0.3, -0.25) is 9.69 Å². The number of amides is 2. The molecular weight excluding hydrogens is 538 g/mol.